The highest BCUT2D eigenvalue weighted by Crippen LogP contribution is 2.26. The minimum Gasteiger partial charge on any atom is -0.438 e. The van der Waals surface area contributed by atoms with Crippen molar-refractivity contribution in [3.8, 4) is 0 Å². The van der Waals surface area contributed by atoms with Gasteiger partial charge in [-0.15, -0.1) is 0 Å². The third-order valence-electron chi connectivity index (χ3n) is 1.61. The molecule has 0 unspecified atom stereocenters. The van der Waals surface area contributed by atoms with Gasteiger partial charge in [-0.2, -0.15) is 0 Å². The molecule has 0 aromatic carbocycles. The van der Waals surface area contributed by atoms with Crippen molar-refractivity contribution in [3.05, 3.63) is 0 Å². The Morgan fingerprint density at radius 3 is 2.64 bits per heavy atom. The predicted octanol–water partition coefficient (Wildman–Crippen LogP) is 0.806. The van der Waals surface area contributed by atoms with E-state index in [0.29, 0.717) is 19.8 Å². The monoisotopic (exact) mass is 160 g/mol. The normalized spacial score (nSPS) is 20.2. The van der Waals surface area contributed by atoms with Crippen LogP contribution in [0.4, 0.5) is 4.79 Å². The predicted molar refractivity (Wildman–Crippen MR) is 37.3 cm³/mol. The number of ether oxygens (including phenoxy) is 3. The summed E-state index contributed by atoms with van der Waals surface area (Å²) in [6.45, 7) is 3.69. The molecule has 0 N–H and O–H groups in total. The fourth-order valence-electron chi connectivity index (χ4n) is 0.826. The molecule has 1 saturated heterocycles. The first-order valence-electron chi connectivity index (χ1n) is 3.45. The van der Waals surface area contributed by atoms with Gasteiger partial charge in [0.15, 0.2) is 0 Å². The minimum absolute atomic E-state index is 0.00812. The van der Waals surface area contributed by atoms with Crippen LogP contribution in [0.25, 0.3) is 0 Å². The highest BCUT2D eigenvalue weighted by molar-refractivity contribution is 5.59. The first-order valence-corrected chi connectivity index (χ1v) is 3.45. The molecule has 4 nitrogen and oxygen atoms in total. The molecule has 0 aromatic rings. The van der Waals surface area contributed by atoms with Gasteiger partial charge in [0.1, 0.15) is 6.61 Å². The van der Waals surface area contributed by atoms with E-state index in [1.54, 1.807) is 0 Å². The third-order valence-corrected chi connectivity index (χ3v) is 1.61. The maximum Gasteiger partial charge on any atom is 0.508 e. The van der Waals surface area contributed by atoms with Crippen molar-refractivity contribution in [2.24, 2.45) is 5.41 Å². The zero-order chi connectivity index (χ0) is 8.32. The lowest BCUT2D eigenvalue weighted by atomic mass is 9.90. The third kappa shape index (κ3) is 2.08. The summed E-state index contributed by atoms with van der Waals surface area (Å²) in [7, 11) is 1.29. The summed E-state index contributed by atoms with van der Waals surface area (Å²) in [5.41, 5.74) is 0.00812. The standard InChI is InChI=1S/C7H12O4/c1-7(3-10-4-7)5-11-6(8)9-2/h3-5H2,1-2H3. The fourth-order valence-corrected chi connectivity index (χ4v) is 0.826. The Labute approximate surface area is 65.4 Å². The van der Waals surface area contributed by atoms with Crippen LogP contribution in [0.5, 0.6) is 0 Å². The topological polar surface area (TPSA) is 44.8 Å². The van der Waals surface area contributed by atoms with Gasteiger partial charge in [-0.05, 0) is 0 Å². The number of methoxy groups -OCH3 is 1. The van der Waals surface area contributed by atoms with Crippen molar-refractivity contribution < 1.29 is 19.0 Å². The molecule has 0 spiro atoms. The molecule has 11 heavy (non-hydrogen) atoms. The second kappa shape index (κ2) is 3.09. The Morgan fingerprint density at radius 1 is 1.64 bits per heavy atom. The fraction of sp³-hybridized carbons (Fsp3) is 0.857. The summed E-state index contributed by atoms with van der Waals surface area (Å²) in [4.78, 5) is 10.5. The molecule has 1 fully saturated rings. The molecule has 0 aliphatic carbocycles. The van der Waals surface area contributed by atoms with Gasteiger partial charge in [-0.1, -0.05) is 6.92 Å². The molecule has 4 heteroatoms. The van der Waals surface area contributed by atoms with Crippen molar-refractivity contribution in [1.29, 1.82) is 0 Å². The van der Waals surface area contributed by atoms with Crippen molar-refractivity contribution in [2.75, 3.05) is 26.9 Å². The van der Waals surface area contributed by atoms with Gasteiger partial charge in [0.25, 0.3) is 0 Å². The lowest BCUT2D eigenvalue weighted by molar-refractivity contribution is -0.130. The second-order valence-corrected chi connectivity index (χ2v) is 3.05. The number of hydrogen-bond acceptors (Lipinski definition) is 4. The van der Waals surface area contributed by atoms with E-state index in [-0.39, 0.29) is 5.41 Å². The van der Waals surface area contributed by atoms with Crippen LogP contribution in [0.3, 0.4) is 0 Å². The van der Waals surface area contributed by atoms with Gasteiger partial charge >= 0.3 is 6.16 Å². The van der Waals surface area contributed by atoms with Gasteiger partial charge < -0.3 is 14.2 Å². The van der Waals surface area contributed by atoms with Gasteiger partial charge in [0.2, 0.25) is 0 Å². The van der Waals surface area contributed by atoms with Gasteiger partial charge in [-0.25, -0.2) is 4.79 Å². The highest BCUT2D eigenvalue weighted by Gasteiger charge is 2.34. The molecule has 0 saturated carbocycles. The molecule has 1 aliphatic heterocycles. The molecule has 0 radical (unpaired) electrons. The Hall–Kier alpha value is -0.770. The SMILES string of the molecule is COC(=O)OCC1(C)COC1. The maximum atomic E-state index is 10.5. The summed E-state index contributed by atoms with van der Waals surface area (Å²) in [5, 5.41) is 0. The van der Waals surface area contributed by atoms with Gasteiger partial charge in [0.05, 0.1) is 20.3 Å². The van der Waals surface area contributed by atoms with Crippen LogP contribution in [0, 0.1) is 5.41 Å². The van der Waals surface area contributed by atoms with Crippen LogP contribution >= 0.6 is 0 Å². The molecule has 1 rings (SSSR count). The quantitative estimate of drug-likeness (QED) is 0.560. The lowest BCUT2D eigenvalue weighted by Crippen LogP contribution is -2.44. The van der Waals surface area contributed by atoms with E-state index in [9.17, 15) is 4.79 Å². The first-order chi connectivity index (χ1) is 5.16. The van der Waals surface area contributed by atoms with Gasteiger partial charge in [-0.3, -0.25) is 0 Å². The van der Waals surface area contributed by atoms with Crippen LogP contribution in [-0.4, -0.2) is 33.1 Å². The van der Waals surface area contributed by atoms with E-state index in [1.807, 2.05) is 6.92 Å². The second-order valence-electron chi connectivity index (χ2n) is 3.05. The molecule has 0 aromatic heterocycles. The van der Waals surface area contributed by atoms with E-state index in [0.717, 1.165) is 0 Å². The van der Waals surface area contributed by atoms with Gasteiger partial charge in [0, 0.05) is 5.41 Å². The van der Waals surface area contributed by atoms with Crippen LogP contribution in [0.2, 0.25) is 0 Å². The summed E-state index contributed by atoms with van der Waals surface area (Å²) in [5.74, 6) is 0. The molecule has 1 heterocycles. The first kappa shape index (κ1) is 8.33. The van der Waals surface area contributed by atoms with Crippen LogP contribution < -0.4 is 0 Å². The highest BCUT2D eigenvalue weighted by atomic mass is 16.7. The number of carbonyl (C=O) groups excluding carboxylic acids is 1. The lowest BCUT2D eigenvalue weighted by Gasteiger charge is -2.36. The molecular weight excluding hydrogens is 148 g/mol. The Kier molecular flexibility index (Phi) is 2.34. The average Bonchev–Trinajstić information content (AvgIpc) is 1.96. The Morgan fingerprint density at radius 2 is 2.27 bits per heavy atom. The Bertz CT molecular complexity index is 151. The minimum atomic E-state index is -0.627. The number of rotatable bonds is 2. The zero-order valence-corrected chi connectivity index (χ0v) is 6.75. The van der Waals surface area contributed by atoms with Crippen LogP contribution in [-0.2, 0) is 14.2 Å². The van der Waals surface area contributed by atoms with Crippen molar-refractivity contribution >= 4 is 6.16 Å². The van der Waals surface area contributed by atoms with E-state index in [2.05, 4.69) is 4.74 Å². The van der Waals surface area contributed by atoms with Crippen molar-refractivity contribution in [2.45, 2.75) is 6.92 Å². The summed E-state index contributed by atoms with van der Waals surface area (Å²) < 4.78 is 14.0. The van der Waals surface area contributed by atoms with Crippen molar-refractivity contribution in [1.82, 2.24) is 0 Å². The average molecular weight is 160 g/mol. The molecular formula is C7H12O4. The molecule has 1 aliphatic rings. The number of carbonyl (C=O) groups is 1. The number of hydrogen-bond donors (Lipinski definition) is 0. The molecule has 0 bridgehead atoms. The van der Waals surface area contributed by atoms with E-state index >= 15 is 0 Å². The summed E-state index contributed by atoms with van der Waals surface area (Å²) in [6.07, 6.45) is -0.627. The Balaban J connectivity index is 2.16. The summed E-state index contributed by atoms with van der Waals surface area (Å²) in [6, 6.07) is 0. The molecule has 0 atom stereocenters. The molecule has 0 amide bonds. The zero-order valence-electron chi connectivity index (χ0n) is 6.75. The van der Waals surface area contributed by atoms with Crippen LogP contribution in [0.1, 0.15) is 6.92 Å². The van der Waals surface area contributed by atoms with E-state index < -0.39 is 6.16 Å². The largest absolute Gasteiger partial charge is 0.508 e. The van der Waals surface area contributed by atoms with E-state index in [1.165, 1.54) is 7.11 Å². The smallest absolute Gasteiger partial charge is 0.438 e. The maximum absolute atomic E-state index is 10.5. The summed E-state index contributed by atoms with van der Waals surface area (Å²) >= 11 is 0. The van der Waals surface area contributed by atoms with Crippen LogP contribution in [0.15, 0.2) is 0 Å². The molecule has 64 valence electrons. The van der Waals surface area contributed by atoms with Crippen molar-refractivity contribution in [3.63, 3.8) is 0 Å². The van der Waals surface area contributed by atoms with E-state index in [4.69, 9.17) is 9.47 Å².